The first-order valence-corrected chi connectivity index (χ1v) is 12.8. The van der Waals surface area contributed by atoms with Gasteiger partial charge in [0.25, 0.3) is 0 Å². The lowest BCUT2D eigenvalue weighted by Crippen LogP contribution is -2.58. The molecule has 4 amide bonds. The van der Waals surface area contributed by atoms with Gasteiger partial charge in [0.1, 0.15) is 23.9 Å². The molecule has 10 N–H and O–H groups in total. The number of carbonyl (C=O) groups excluding carboxylic acids is 4. The highest BCUT2D eigenvalue weighted by molar-refractivity contribution is 5.94. The maximum atomic E-state index is 13.4. The van der Waals surface area contributed by atoms with Crippen molar-refractivity contribution in [2.24, 2.45) is 17.4 Å². The fourth-order valence-electron chi connectivity index (χ4n) is 3.85. The Morgan fingerprint density at radius 3 is 2.15 bits per heavy atom. The summed E-state index contributed by atoms with van der Waals surface area (Å²) >= 11 is 0. The van der Waals surface area contributed by atoms with Crippen molar-refractivity contribution >= 4 is 29.6 Å². The predicted molar refractivity (Wildman–Crippen MR) is 143 cm³/mol. The van der Waals surface area contributed by atoms with Crippen LogP contribution in [0.3, 0.4) is 0 Å². The van der Waals surface area contributed by atoms with E-state index in [4.69, 9.17) is 11.5 Å². The van der Waals surface area contributed by atoms with Gasteiger partial charge in [0.2, 0.25) is 23.6 Å². The van der Waals surface area contributed by atoms with Gasteiger partial charge < -0.3 is 42.6 Å². The van der Waals surface area contributed by atoms with Crippen LogP contribution in [0.2, 0.25) is 0 Å². The van der Waals surface area contributed by atoms with Crippen molar-refractivity contribution < 1.29 is 34.2 Å². The molecule has 1 aromatic carbocycles. The third kappa shape index (κ3) is 10.0. The number of primary amides is 1. The third-order valence-electron chi connectivity index (χ3n) is 6.43. The van der Waals surface area contributed by atoms with E-state index >= 15 is 0 Å². The standard InChI is InChI=1S/C26H37N7O7/c1-3-14(2)22(26(39)40)33-24(37)19(8-9-21(28)35)31-25(38)20(10-15-4-6-17(34)7-5-15)32-23(36)18(27)11-16-12-29-13-30-16/h4-7,12-14,18-20,22,34H,3,8-11,27H2,1-2H3,(H2,28,35)(H,29,30)(H,31,38)(H,32,36)(H,33,37)(H,39,40). The number of aliphatic carboxylic acids is 1. The second-order valence-corrected chi connectivity index (χ2v) is 9.60. The van der Waals surface area contributed by atoms with E-state index in [9.17, 15) is 34.2 Å². The number of nitrogens with zero attached hydrogens (tertiary/aromatic N) is 1. The number of phenols is 1. The summed E-state index contributed by atoms with van der Waals surface area (Å²) in [6, 6.07) is 1.18. The summed E-state index contributed by atoms with van der Waals surface area (Å²) in [6.07, 6.45) is 3.06. The summed E-state index contributed by atoms with van der Waals surface area (Å²) in [7, 11) is 0. The lowest BCUT2D eigenvalue weighted by molar-refractivity contribution is -0.144. The Morgan fingerprint density at radius 2 is 1.60 bits per heavy atom. The highest BCUT2D eigenvalue weighted by Crippen LogP contribution is 2.13. The van der Waals surface area contributed by atoms with Crippen LogP contribution in [0.15, 0.2) is 36.8 Å². The molecule has 14 heteroatoms. The average Bonchev–Trinajstić information content (AvgIpc) is 3.42. The number of imidazole rings is 1. The Kier molecular flexibility index (Phi) is 12.1. The molecule has 5 atom stereocenters. The van der Waals surface area contributed by atoms with Crippen LogP contribution in [0.25, 0.3) is 0 Å². The van der Waals surface area contributed by atoms with Crippen molar-refractivity contribution in [1.29, 1.82) is 0 Å². The van der Waals surface area contributed by atoms with Gasteiger partial charge in [-0.25, -0.2) is 9.78 Å². The number of nitrogens with one attached hydrogen (secondary N) is 4. The van der Waals surface area contributed by atoms with Gasteiger partial charge in [-0.15, -0.1) is 0 Å². The fourth-order valence-corrected chi connectivity index (χ4v) is 3.85. The molecule has 14 nitrogen and oxygen atoms in total. The van der Waals surface area contributed by atoms with E-state index in [0.29, 0.717) is 17.7 Å². The van der Waals surface area contributed by atoms with E-state index in [0.717, 1.165) is 0 Å². The number of nitrogens with two attached hydrogens (primary N) is 2. The van der Waals surface area contributed by atoms with Crippen molar-refractivity contribution in [1.82, 2.24) is 25.9 Å². The predicted octanol–water partition coefficient (Wildman–Crippen LogP) is -0.922. The van der Waals surface area contributed by atoms with Crippen molar-refractivity contribution in [2.75, 3.05) is 0 Å². The number of benzene rings is 1. The number of aromatic amines is 1. The minimum Gasteiger partial charge on any atom is -0.508 e. The van der Waals surface area contributed by atoms with E-state index in [-0.39, 0.29) is 31.4 Å². The first-order valence-electron chi connectivity index (χ1n) is 12.8. The topological polar surface area (TPSA) is 243 Å². The van der Waals surface area contributed by atoms with Gasteiger partial charge in [0.05, 0.1) is 12.4 Å². The molecule has 1 heterocycles. The zero-order valence-corrected chi connectivity index (χ0v) is 22.4. The lowest BCUT2D eigenvalue weighted by Gasteiger charge is -2.26. The molecular weight excluding hydrogens is 522 g/mol. The smallest absolute Gasteiger partial charge is 0.326 e. The van der Waals surface area contributed by atoms with Crippen LogP contribution in [0.4, 0.5) is 0 Å². The Bertz CT molecular complexity index is 1150. The Hall–Kier alpha value is -4.46. The molecule has 0 fully saturated rings. The van der Waals surface area contributed by atoms with E-state index in [1.54, 1.807) is 26.0 Å². The van der Waals surface area contributed by atoms with Crippen LogP contribution in [-0.2, 0) is 36.8 Å². The van der Waals surface area contributed by atoms with Crippen LogP contribution in [0, 0.1) is 5.92 Å². The van der Waals surface area contributed by atoms with Gasteiger partial charge in [0.15, 0.2) is 0 Å². The number of carbonyl (C=O) groups is 5. The number of H-pyrrole nitrogens is 1. The summed E-state index contributed by atoms with van der Waals surface area (Å²) < 4.78 is 0. The van der Waals surface area contributed by atoms with Crippen LogP contribution in [0.1, 0.15) is 44.4 Å². The van der Waals surface area contributed by atoms with Gasteiger partial charge in [-0.05, 0) is 30.0 Å². The molecule has 2 aromatic rings. The van der Waals surface area contributed by atoms with Crippen molar-refractivity contribution in [2.45, 2.75) is 70.1 Å². The first-order chi connectivity index (χ1) is 18.9. The molecule has 5 unspecified atom stereocenters. The molecule has 0 spiro atoms. The SMILES string of the molecule is CCC(C)C(NC(=O)C(CCC(N)=O)NC(=O)C(Cc1ccc(O)cc1)NC(=O)C(N)Cc1cnc[nH]1)C(=O)O. The highest BCUT2D eigenvalue weighted by Gasteiger charge is 2.32. The van der Waals surface area contributed by atoms with E-state index in [1.165, 1.54) is 24.7 Å². The van der Waals surface area contributed by atoms with Gasteiger partial charge in [-0.1, -0.05) is 32.4 Å². The van der Waals surface area contributed by atoms with Crippen molar-refractivity contribution in [3.05, 3.63) is 48.0 Å². The first kappa shape index (κ1) is 31.8. The molecule has 0 radical (unpaired) electrons. The molecule has 0 saturated carbocycles. The van der Waals surface area contributed by atoms with E-state index in [1.807, 2.05) is 0 Å². The maximum Gasteiger partial charge on any atom is 0.326 e. The number of phenolic OH excluding ortho intramolecular Hbond substituents is 1. The quantitative estimate of drug-likeness (QED) is 0.127. The second-order valence-electron chi connectivity index (χ2n) is 9.60. The Labute approximate surface area is 231 Å². The van der Waals surface area contributed by atoms with Crippen LogP contribution in [0.5, 0.6) is 5.75 Å². The molecular formula is C26H37N7O7. The second kappa shape index (κ2) is 15.2. The summed E-state index contributed by atoms with van der Waals surface area (Å²) in [5.74, 6) is -4.59. The molecule has 0 bridgehead atoms. The number of carboxylic acids is 1. The number of hydrogen-bond donors (Lipinski definition) is 8. The normalized spacial score (nSPS) is 14.7. The zero-order chi connectivity index (χ0) is 29.8. The number of amides is 4. The molecule has 1 aromatic heterocycles. The van der Waals surface area contributed by atoms with Gasteiger partial charge in [-0.3, -0.25) is 19.2 Å². The van der Waals surface area contributed by atoms with Crippen molar-refractivity contribution in [3.8, 4) is 5.75 Å². The molecule has 0 saturated heterocycles. The minimum atomic E-state index is -1.32. The summed E-state index contributed by atoms with van der Waals surface area (Å²) in [6.45, 7) is 3.43. The van der Waals surface area contributed by atoms with Crippen LogP contribution in [-0.4, -0.2) is 73.9 Å². The van der Waals surface area contributed by atoms with Gasteiger partial charge >= 0.3 is 5.97 Å². The molecule has 0 aliphatic heterocycles. The van der Waals surface area contributed by atoms with Crippen LogP contribution >= 0.6 is 0 Å². The minimum absolute atomic E-state index is 0.00726. The number of aromatic nitrogens is 2. The van der Waals surface area contributed by atoms with E-state index in [2.05, 4.69) is 25.9 Å². The molecule has 0 aliphatic rings. The summed E-state index contributed by atoms with van der Waals surface area (Å²) in [5, 5.41) is 26.7. The fraction of sp³-hybridized carbons (Fsp3) is 0.462. The summed E-state index contributed by atoms with van der Waals surface area (Å²) in [4.78, 5) is 69.3. The van der Waals surface area contributed by atoms with Gasteiger partial charge in [0, 0.05) is 31.2 Å². The Balaban J connectivity index is 2.25. The molecule has 40 heavy (non-hydrogen) atoms. The number of aromatic hydroxyl groups is 1. The number of rotatable bonds is 16. The number of carboxylic acid groups (broad SMARTS) is 1. The highest BCUT2D eigenvalue weighted by atomic mass is 16.4. The molecule has 218 valence electrons. The maximum absolute atomic E-state index is 13.4. The molecule has 2 rings (SSSR count). The number of hydrogen-bond acceptors (Lipinski definition) is 8. The average molecular weight is 560 g/mol. The van der Waals surface area contributed by atoms with Gasteiger partial charge in [-0.2, -0.15) is 0 Å². The third-order valence-corrected chi connectivity index (χ3v) is 6.43. The lowest BCUT2D eigenvalue weighted by atomic mass is 9.98. The van der Waals surface area contributed by atoms with Crippen molar-refractivity contribution in [3.63, 3.8) is 0 Å². The zero-order valence-electron chi connectivity index (χ0n) is 22.4. The van der Waals surface area contributed by atoms with Crippen LogP contribution < -0.4 is 27.4 Å². The molecule has 0 aliphatic carbocycles. The monoisotopic (exact) mass is 559 g/mol. The van der Waals surface area contributed by atoms with E-state index < -0.39 is 59.7 Å². The largest absolute Gasteiger partial charge is 0.508 e. The summed E-state index contributed by atoms with van der Waals surface area (Å²) in [5.41, 5.74) is 12.5. The Morgan fingerprint density at radius 1 is 0.975 bits per heavy atom.